The number of hydrogen-bond acceptors (Lipinski definition) is 5. The second-order valence-corrected chi connectivity index (χ2v) is 9.56. The first-order valence-corrected chi connectivity index (χ1v) is 12.4. The van der Waals surface area contributed by atoms with Crippen molar-refractivity contribution in [2.45, 2.75) is 44.6 Å². The number of nitrogens with zero attached hydrogens (tertiary/aromatic N) is 2. The van der Waals surface area contributed by atoms with E-state index in [1.54, 1.807) is 49.6 Å². The molecule has 0 radical (unpaired) electrons. The monoisotopic (exact) mass is 518 g/mol. The lowest BCUT2D eigenvalue weighted by Crippen LogP contribution is -2.43. The predicted octanol–water partition coefficient (Wildman–Crippen LogP) is 4.71. The lowest BCUT2D eigenvalue weighted by molar-refractivity contribution is -0.139. The van der Waals surface area contributed by atoms with Crippen LogP contribution in [0.1, 0.15) is 19.8 Å². The van der Waals surface area contributed by atoms with Crippen molar-refractivity contribution in [2.24, 2.45) is 0 Å². The molecule has 1 unspecified atom stereocenters. The molecule has 10 heteroatoms. The van der Waals surface area contributed by atoms with Crippen LogP contribution in [0.5, 0.6) is 0 Å². The number of methoxy groups -OCH3 is 1. The van der Waals surface area contributed by atoms with Gasteiger partial charge in [-0.15, -0.1) is 0 Å². The van der Waals surface area contributed by atoms with Crippen molar-refractivity contribution >= 4 is 28.2 Å². The molecular weight excluding hydrogens is 485 g/mol. The molecule has 1 saturated heterocycles. The van der Waals surface area contributed by atoms with Crippen LogP contribution in [-0.2, 0) is 16.1 Å². The van der Waals surface area contributed by atoms with Crippen LogP contribution in [0.25, 0.3) is 22.2 Å². The first-order valence-electron chi connectivity index (χ1n) is 12.4. The quantitative estimate of drug-likeness (QED) is 0.382. The number of halogens is 3. The van der Waals surface area contributed by atoms with Crippen LogP contribution in [0.3, 0.4) is 0 Å². The van der Waals surface area contributed by atoms with Gasteiger partial charge in [-0.3, -0.25) is 4.79 Å². The highest BCUT2D eigenvalue weighted by Crippen LogP contribution is 2.36. The Hall–Kier alpha value is -3.08. The minimum Gasteiger partial charge on any atom is -0.389 e. The number of aromatic nitrogens is 1. The molecule has 7 nitrogen and oxygen atoms in total. The summed E-state index contributed by atoms with van der Waals surface area (Å²) in [6.07, 6.45) is -3.23. The maximum atomic E-state index is 13.6. The minimum atomic E-state index is -4.40. The number of benzene rings is 2. The molecule has 0 aliphatic carbocycles. The van der Waals surface area contributed by atoms with Crippen molar-refractivity contribution in [3.63, 3.8) is 0 Å². The number of rotatable bonds is 9. The molecule has 1 aromatic heterocycles. The molecule has 3 N–H and O–H groups in total. The van der Waals surface area contributed by atoms with E-state index in [0.29, 0.717) is 41.0 Å². The summed E-state index contributed by atoms with van der Waals surface area (Å²) in [5, 5.41) is 17.0. The van der Waals surface area contributed by atoms with Crippen LogP contribution in [0.15, 0.2) is 48.5 Å². The fourth-order valence-corrected chi connectivity index (χ4v) is 4.98. The number of carbonyl (C=O) groups excluding carboxylic acids is 1. The number of fused-ring (bicyclic) bond motifs is 1. The molecule has 2 heterocycles. The summed E-state index contributed by atoms with van der Waals surface area (Å²) < 4.78 is 47.1. The molecule has 0 spiro atoms. The lowest BCUT2D eigenvalue weighted by Gasteiger charge is -2.34. The van der Waals surface area contributed by atoms with Crippen LogP contribution in [0.4, 0.5) is 24.5 Å². The average molecular weight is 519 g/mol. The molecule has 0 saturated carbocycles. The van der Waals surface area contributed by atoms with E-state index in [0.717, 1.165) is 31.6 Å². The van der Waals surface area contributed by atoms with Gasteiger partial charge in [0.1, 0.15) is 6.54 Å². The van der Waals surface area contributed by atoms with Gasteiger partial charge in [0, 0.05) is 67.7 Å². The van der Waals surface area contributed by atoms with E-state index in [1.165, 1.54) is 11.5 Å². The fourth-order valence-electron chi connectivity index (χ4n) is 4.98. The van der Waals surface area contributed by atoms with E-state index in [9.17, 15) is 23.1 Å². The van der Waals surface area contributed by atoms with Gasteiger partial charge >= 0.3 is 6.18 Å². The number of aliphatic hydroxyl groups excluding tert-OH is 1. The Morgan fingerprint density at radius 1 is 1.16 bits per heavy atom. The summed E-state index contributed by atoms with van der Waals surface area (Å²) in [7, 11) is 1.56. The Kier molecular flexibility index (Phi) is 8.41. The van der Waals surface area contributed by atoms with Crippen molar-refractivity contribution in [2.75, 3.05) is 44.0 Å². The molecule has 1 atom stereocenters. The Bertz CT molecular complexity index is 1220. The van der Waals surface area contributed by atoms with Gasteiger partial charge in [0.25, 0.3) is 0 Å². The Morgan fingerprint density at radius 3 is 2.57 bits per heavy atom. The number of carbonyl (C=O) groups is 1. The number of amides is 1. The highest BCUT2D eigenvalue weighted by molar-refractivity contribution is 5.97. The van der Waals surface area contributed by atoms with E-state index >= 15 is 0 Å². The molecular formula is C27H33F3N4O3. The van der Waals surface area contributed by atoms with Crippen LogP contribution in [-0.4, -0.2) is 72.2 Å². The summed E-state index contributed by atoms with van der Waals surface area (Å²) in [6, 6.07) is 14.2. The summed E-state index contributed by atoms with van der Waals surface area (Å²) in [4.78, 5) is 13.7. The molecule has 3 aromatic rings. The van der Waals surface area contributed by atoms with E-state index in [2.05, 4.69) is 15.5 Å². The zero-order valence-electron chi connectivity index (χ0n) is 21.0. The Balaban J connectivity index is 1.61. The van der Waals surface area contributed by atoms with Crippen molar-refractivity contribution in [1.29, 1.82) is 0 Å². The molecule has 1 aliphatic heterocycles. The zero-order chi connectivity index (χ0) is 26.6. The van der Waals surface area contributed by atoms with E-state index < -0.39 is 18.8 Å². The maximum absolute atomic E-state index is 13.6. The van der Waals surface area contributed by atoms with Gasteiger partial charge in [-0.25, -0.2) is 0 Å². The molecule has 4 rings (SSSR count). The zero-order valence-corrected chi connectivity index (χ0v) is 21.0. The average Bonchev–Trinajstić information content (AvgIpc) is 3.18. The third kappa shape index (κ3) is 7.03. The van der Waals surface area contributed by atoms with Gasteiger partial charge < -0.3 is 29.9 Å². The van der Waals surface area contributed by atoms with Crippen molar-refractivity contribution in [3.05, 3.63) is 48.5 Å². The standard InChI is InChI=1S/C27H33F3N4O3/c1-18(35)31-21-6-3-5-19(13-21)26-14-23-24(7-4-8-25(23)34(26)17-27(28,29)30)32-20-9-11-33(12-10-20)15-22(36)16-37-2/h3-8,13-14,20,22,32,36H,9-12,15-17H2,1-2H3,(H,31,35). The van der Waals surface area contributed by atoms with Gasteiger partial charge in [0.2, 0.25) is 5.91 Å². The minimum absolute atomic E-state index is 0.166. The summed E-state index contributed by atoms with van der Waals surface area (Å²) in [6.45, 7) is 2.73. The molecule has 0 bridgehead atoms. The first kappa shape index (κ1) is 27.0. The molecule has 1 aliphatic rings. The van der Waals surface area contributed by atoms with Crippen molar-refractivity contribution in [1.82, 2.24) is 9.47 Å². The number of piperidine rings is 1. The summed E-state index contributed by atoms with van der Waals surface area (Å²) in [5.74, 6) is -0.251. The third-order valence-corrected chi connectivity index (χ3v) is 6.54. The number of likely N-dealkylation sites (tertiary alicyclic amines) is 1. The Morgan fingerprint density at radius 2 is 1.89 bits per heavy atom. The predicted molar refractivity (Wildman–Crippen MR) is 139 cm³/mol. The van der Waals surface area contributed by atoms with Gasteiger partial charge in [0.05, 0.1) is 18.2 Å². The maximum Gasteiger partial charge on any atom is 0.406 e. The normalized spacial score (nSPS) is 16.2. The van der Waals surface area contributed by atoms with Gasteiger partial charge in [0.15, 0.2) is 0 Å². The van der Waals surface area contributed by atoms with E-state index in [1.807, 2.05) is 6.07 Å². The molecule has 1 amide bonds. The highest BCUT2D eigenvalue weighted by atomic mass is 19.4. The number of alkyl halides is 3. The molecule has 2 aromatic carbocycles. The van der Waals surface area contributed by atoms with Gasteiger partial charge in [-0.2, -0.15) is 13.2 Å². The lowest BCUT2D eigenvalue weighted by atomic mass is 10.0. The summed E-state index contributed by atoms with van der Waals surface area (Å²) in [5.41, 5.74) is 2.81. The second kappa shape index (κ2) is 11.5. The van der Waals surface area contributed by atoms with Gasteiger partial charge in [-0.1, -0.05) is 18.2 Å². The number of hydrogen-bond donors (Lipinski definition) is 3. The first-order chi connectivity index (χ1) is 17.6. The second-order valence-electron chi connectivity index (χ2n) is 9.56. The van der Waals surface area contributed by atoms with Crippen LogP contribution in [0, 0.1) is 0 Å². The SMILES string of the molecule is COCC(O)CN1CCC(Nc2cccc3c2cc(-c2cccc(NC(C)=O)c2)n3CC(F)(F)F)CC1. The van der Waals surface area contributed by atoms with Crippen LogP contribution < -0.4 is 10.6 Å². The molecule has 37 heavy (non-hydrogen) atoms. The molecule has 1 fully saturated rings. The number of anilines is 2. The van der Waals surface area contributed by atoms with E-state index in [-0.39, 0.29) is 11.9 Å². The van der Waals surface area contributed by atoms with Crippen molar-refractivity contribution in [3.8, 4) is 11.3 Å². The third-order valence-electron chi connectivity index (χ3n) is 6.54. The number of aliphatic hydroxyl groups is 1. The topological polar surface area (TPSA) is 78.8 Å². The smallest absolute Gasteiger partial charge is 0.389 e. The molecule has 200 valence electrons. The number of β-amino-alcohol motifs (C(OH)–C–C–N with tert-alkyl or cyclic N) is 1. The largest absolute Gasteiger partial charge is 0.406 e. The van der Waals surface area contributed by atoms with Crippen LogP contribution >= 0.6 is 0 Å². The van der Waals surface area contributed by atoms with E-state index in [4.69, 9.17) is 4.74 Å². The fraction of sp³-hybridized carbons (Fsp3) is 0.444. The van der Waals surface area contributed by atoms with Gasteiger partial charge in [-0.05, 0) is 43.2 Å². The van der Waals surface area contributed by atoms with Crippen LogP contribution in [0.2, 0.25) is 0 Å². The summed E-state index contributed by atoms with van der Waals surface area (Å²) >= 11 is 0. The Labute approximate surface area is 214 Å². The number of nitrogens with one attached hydrogen (secondary N) is 2. The highest BCUT2D eigenvalue weighted by Gasteiger charge is 2.30. The van der Waals surface area contributed by atoms with Crippen molar-refractivity contribution < 1.29 is 27.8 Å². The number of ether oxygens (including phenoxy) is 1.